The van der Waals surface area contributed by atoms with Crippen LogP contribution in [0.5, 0.6) is 5.88 Å². The highest BCUT2D eigenvalue weighted by Crippen LogP contribution is 2.32. The number of amides is 3. The van der Waals surface area contributed by atoms with E-state index in [2.05, 4.69) is 20.7 Å². The molecule has 0 atom stereocenters. The van der Waals surface area contributed by atoms with E-state index in [9.17, 15) is 27.2 Å². The molecule has 0 bridgehead atoms. The second-order valence-corrected chi connectivity index (χ2v) is 12.3. The molecule has 0 saturated carbocycles. The van der Waals surface area contributed by atoms with Gasteiger partial charge in [0.2, 0.25) is 5.88 Å². The molecule has 254 valence electrons. The Morgan fingerprint density at radius 1 is 0.918 bits per heavy atom. The molecule has 2 aromatic heterocycles. The summed E-state index contributed by atoms with van der Waals surface area (Å²) in [5, 5.41) is 11.3. The number of pyridine rings is 1. The Morgan fingerprint density at radius 2 is 1.57 bits per heavy atom. The van der Waals surface area contributed by atoms with E-state index in [1.165, 1.54) is 34.8 Å². The van der Waals surface area contributed by atoms with Crippen LogP contribution in [0.2, 0.25) is 0 Å². The van der Waals surface area contributed by atoms with Gasteiger partial charge in [-0.2, -0.15) is 5.10 Å². The minimum atomic E-state index is -1.48. The molecule has 6 rings (SSSR count). The minimum absolute atomic E-state index is 0.150. The van der Waals surface area contributed by atoms with Crippen molar-refractivity contribution in [3.8, 4) is 11.6 Å². The molecule has 3 amide bonds. The molecule has 3 heterocycles. The number of alkyl halides is 2. The maximum absolute atomic E-state index is 14.2. The van der Waals surface area contributed by atoms with Gasteiger partial charge in [-0.1, -0.05) is 42.0 Å². The third kappa shape index (κ3) is 6.92. The van der Waals surface area contributed by atoms with E-state index in [0.29, 0.717) is 40.9 Å². The number of urea groups is 1. The SMILES string of the molecule is Cc1ccc(-n2nc(C(C)(CF)CF)cc2NC(=O)Nc2cnc(OC3CCN(C(=O)c4c(F)cccc4F)CC3)c3ccccc23)cc1. The lowest BCUT2D eigenvalue weighted by Gasteiger charge is -2.32. The first-order valence-corrected chi connectivity index (χ1v) is 15.8. The number of halogens is 4. The molecule has 3 aromatic carbocycles. The van der Waals surface area contributed by atoms with Crippen molar-refractivity contribution in [1.82, 2.24) is 19.7 Å². The number of anilines is 2. The number of carbonyl (C=O) groups is 2. The van der Waals surface area contributed by atoms with Crippen molar-refractivity contribution in [3.63, 3.8) is 0 Å². The normalized spacial score (nSPS) is 13.8. The molecule has 0 radical (unpaired) electrons. The van der Waals surface area contributed by atoms with Crippen molar-refractivity contribution in [2.75, 3.05) is 37.1 Å². The minimum Gasteiger partial charge on any atom is -0.474 e. The van der Waals surface area contributed by atoms with Crippen LogP contribution in [0.15, 0.2) is 79.0 Å². The first-order valence-electron chi connectivity index (χ1n) is 15.8. The lowest BCUT2D eigenvalue weighted by Crippen LogP contribution is -2.42. The lowest BCUT2D eigenvalue weighted by atomic mass is 9.90. The average molecular weight is 675 g/mol. The number of hydrogen-bond acceptors (Lipinski definition) is 5. The highest BCUT2D eigenvalue weighted by Gasteiger charge is 2.32. The van der Waals surface area contributed by atoms with E-state index in [0.717, 1.165) is 17.7 Å². The van der Waals surface area contributed by atoms with E-state index < -0.39 is 47.9 Å². The van der Waals surface area contributed by atoms with Crippen LogP contribution in [0.25, 0.3) is 16.5 Å². The first kappa shape index (κ1) is 33.4. The molecule has 1 aliphatic heterocycles. The molecule has 1 aliphatic rings. The summed E-state index contributed by atoms with van der Waals surface area (Å²) in [6.07, 6.45) is 1.98. The Morgan fingerprint density at radius 3 is 2.22 bits per heavy atom. The number of aromatic nitrogens is 3. The summed E-state index contributed by atoms with van der Waals surface area (Å²) in [6, 6.07) is 18.7. The fourth-order valence-corrected chi connectivity index (χ4v) is 5.65. The summed E-state index contributed by atoms with van der Waals surface area (Å²) < 4.78 is 63.8. The van der Waals surface area contributed by atoms with Crippen LogP contribution in [-0.4, -0.2) is 64.1 Å². The van der Waals surface area contributed by atoms with E-state index in [1.54, 1.807) is 36.4 Å². The predicted molar refractivity (Wildman–Crippen MR) is 178 cm³/mol. The topological polar surface area (TPSA) is 101 Å². The van der Waals surface area contributed by atoms with E-state index >= 15 is 0 Å². The quantitative estimate of drug-likeness (QED) is 0.158. The largest absolute Gasteiger partial charge is 0.474 e. The van der Waals surface area contributed by atoms with Gasteiger partial charge in [0.05, 0.1) is 28.7 Å². The molecular formula is C36H34F4N6O3. The molecule has 1 saturated heterocycles. The number of rotatable bonds is 9. The number of piperidine rings is 1. The maximum Gasteiger partial charge on any atom is 0.324 e. The van der Waals surface area contributed by atoms with Crippen LogP contribution in [0.1, 0.15) is 41.4 Å². The lowest BCUT2D eigenvalue weighted by molar-refractivity contribution is 0.0582. The third-order valence-corrected chi connectivity index (χ3v) is 8.63. The molecular weight excluding hydrogens is 640 g/mol. The van der Waals surface area contributed by atoms with Gasteiger partial charge >= 0.3 is 6.03 Å². The number of carbonyl (C=O) groups excluding carboxylic acids is 2. The number of nitrogens with zero attached hydrogens (tertiary/aromatic N) is 4. The van der Waals surface area contributed by atoms with Crippen molar-refractivity contribution in [2.24, 2.45) is 0 Å². The van der Waals surface area contributed by atoms with Gasteiger partial charge in [-0.15, -0.1) is 0 Å². The number of fused-ring (bicyclic) bond motifs is 1. The highest BCUT2D eigenvalue weighted by atomic mass is 19.1. The molecule has 1 fully saturated rings. The Balaban J connectivity index is 1.17. The number of benzene rings is 3. The summed E-state index contributed by atoms with van der Waals surface area (Å²) in [5.74, 6) is -1.97. The Labute approximate surface area is 279 Å². The van der Waals surface area contributed by atoms with Gasteiger partial charge in [0.25, 0.3) is 5.91 Å². The van der Waals surface area contributed by atoms with Gasteiger partial charge in [-0.3, -0.25) is 10.1 Å². The van der Waals surface area contributed by atoms with Gasteiger partial charge < -0.3 is 15.0 Å². The van der Waals surface area contributed by atoms with Gasteiger partial charge in [0.15, 0.2) is 0 Å². The molecule has 0 unspecified atom stereocenters. The zero-order chi connectivity index (χ0) is 34.7. The van der Waals surface area contributed by atoms with Crippen LogP contribution in [0.3, 0.4) is 0 Å². The van der Waals surface area contributed by atoms with Crippen molar-refractivity contribution in [3.05, 3.63) is 107 Å². The molecule has 9 nitrogen and oxygen atoms in total. The summed E-state index contributed by atoms with van der Waals surface area (Å²) in [4.78, 5) is 32.0. The number of hydrogen-bond donors (Lipinski definition) is 2. The Bertz CT molecular complexity index is 1970. The smallest absolute Gasteiger partial charge is 0.324 e. The number of likely N-dealkylation sites (tertiary alicyclic amines) is 1. The molecule has 0 spiro atoms. The van der Waals surface area contributed by atoms with Crippen LogP contribution >= 0.6 is 0 Å². The zero-order valence-corrected chi connectivity index (χ0v) is 26.9. The zero-order valence-electron chi connectivity index (χ0n) is 26.9. The standard InChI is InChI=1S/C36H34F4N6O3/c1-22-10-12-23(13-11-22)46-31(18-30(44-46)36(2,20-37)21-38)43-35(48)42-29-19-41-33(26-7-4-3-6-25(26)29)49-24-14-16-45(17-15-24)34(47)32-27(39)8-5-9-28(32)40/h3-13,18-19,24H,14-17,20-21H2,1-2H3,(H2,42,43,48). The van der Waals surface area contributed by atoms with Crippen LogP contribution in [0, 0.1) is 18.6 Å². The van der Waals surface area contributed by atoms with Crippen LogP contribution in [-0.2, 0) is 5.41 Å². The van der Waals surface area contributed by atoms with Gasteiger partial charge in [-0.05, 0) is 44.2 Å². The fourth-order valence-electron chi connectivity index (χ4n) is 5.65. The van der Waals surface area contributed by atoms with Crippen molar-refractivity contribution < 1.29 is 31.9 Å². The van der Waals surface area contributed by atoms with Gasteiger partial charge in [0.1, 0.15) is 42.5 Å². The summed E-state index contributed by atoms with van der Waals surface area (Å²) in [6.45, 7) is 1.88. The second kappa shape index (κ2) is 14.0. The molecule has 49 heavy (non-hydrogen) atoms. The molecule has 0 aliphatic carbocycles. The summed E-state index contributed by atoms with van der Waals surface area (Å²) >= 11 is 0. The van der Waals surface area contributed by atoms with E-state index in [4.69, 9.17) is 4.74 Å². The van der Waals surface area contributed by atoms with E-state index in [-0.39, 0.29) is 30.7 Å². The second-order valence-electron chi connectivity index (χ2n) is 12.3. The average Bonchev–Trinajstić information content (AvgIpc) is 3.53. The maximum atomic E-state index is 14.2. The molecule has 2 N–H and O–H groups in total. The Kier molecular flexibility index (Phi) is 9.52. The predicted octanol–water partition coefficient (Wildman–Crippen LogP) is 7.53. The van der Waals surface area contributed by atoms with Gasteiger partial charge in [-0.25, -0.2) is 32.0 Å². The first-order chi connectivity index (χ1) is 23.6. The number of ether oxygens (including phenoxy) is 1. The molecule has 5 aromatic rings. The van der Waals surface area contributed by atoms with Crippen LogP contribution in [0.4, 0.5) is 33.9 Å². The summed E-state index contributed by atoms with van der Waals surface area (Å²) in [7, 11) is 0. The van der Waals surface area contributed by atoms with Gasteiger partial charge in [0, 0.05) is 42.8 Å². The third-order valence-electron chi connectivity index (χ3n) is 8.63. The Hall–Kier alpha value is -5.46. The van der Waals surface area contributed by atoms with Crippen molar-refractivity contribution >= 4 is 34.2 Å². The number of nitrogens with one attached hydrogen (secondary N) is 2. The summed E-state index contributed by atoms with van der Waals surface area (Å²) in [5.41, 5.74) is 0.0749. The monoisotopic (exact) mass is 674 g/mol. The van der Waals surface area contributed by atoms with Crippen molar-refractivity contribution in [2.45, 2.75) is 38.2 Å². The van der Waals surface area contributed by atoms with Crippen molar-refractivity contribution in [1.29, 1.82) is 0 Å². The van der Waals surface area contributed by atoms with Crippen LogP contribution < -0.4 is 15.4 Å². The molecule has 13 heteroatoms. The number of aryl methyl sites for hydroxylation is 1. The van der Waals surface area contributed by atoms with E-state index in [1.807, 2.05) is 19.1 Å². The highest BCUT2D eigenvalue weighted by molar-refractivity contribution is 6.06. The fraction of sp³-hybridized carbons (Fsp3) is 0.278.